The molecule has 3 aromatic carbocycles. The van der Waals surface area contributed by atoms with Gasteiger partial charge in [0.05, 0.1) is 0 Å². The third kappa shape index (κ3) is 5.72. The van der Waals surface area contributed by atoms with Gasteiger partial charge in [-0.2, -0.15) is 0 Å². The molecule has 3 rings (SSSR count). The molecule has 0 aliphatic heterocycles. The number of anilines is 1. The molecule has 0 aromatic heterocycles. The van der Waals surface area contributed by atoms with Gasteiger partial charge in [-0.1, -0.05) is 42.1 Å². The first kappa shape index (κ1) is 20.7. The third-order valence-corrected chi connectivity index (χ3v) is 5.64. The molecule has 0 fully saturated rings. The summed E-state index contributed by atoms with van der Waals surface area (Å²) in [4.78, 5) is 26.9. The van der Waals surface area contributed by atoms with Crippen LogP contribution in [-0.4, -0.2) is 17.9 Å². The average molecular weight is 405 g/mol. The minimum Gasteiger partial charge on any atom is -0.341 e. The molecule has 0 heterocycles. The van der Waals surface area contributed by atoms with Crippen LogP contribution in [0.1, 0.15) is 28.4 Å². The zero-order chi connectivity index (χ0) is 20.8. The van der Waals surface area contributed by atoms with Crippen molar-refractivity contribution in [2.75, 3.05) is 5.32 Å². The van der Waals surface area contributed by atoms with E-state index in [0.29, 0.717) is 11.3 Å². The molecule has 2 amide bonds. The van der Waals surface area contributed by atoms with Gasteiger partial charge in [0.2, 0.25) is 5.91 Å². The molecule has 0 saturated heterocycles. The maximum atomic E-state index is 12.4. The van der Waals surface area contributed by atoms with Crippen molar-refractivity contribution in [2.45, 2.75) is 36.6 Å². The number of aryl methyl sites for hydroxylation is 2. The Morgan fingerprint density at radius 2 is 1.59 bits per heavy atom. The van der Waals surface area contributed by atoms with E-state index in [4.69, 9.17) is 0 Å². The van der Waals surface area contributed by atoms with E-state index in [9.17, 15) is 9.59 Å². The fourth-order valence-corrected chi connectivity index (χ4v) is 3.74. The van der Waals surface area contributed by atoms with Crippen molar-refractivity contribution in [3.8, 4) is 0 Å². The molecular formula is C24H24N2O2S. The summed E-state index contributed by atoms with van der Waals surface area (Å²) in [5.41, 5.74) is 3.69. The molecule has 0 saturated carbocycles. The molecule has 148 valence electrons. The standard InChI is InChI=1S/C24H24N2O2S/c1-16-9-10-17(2)22(15-16)29-21-13-11-20(12-14-21)26-23(27)18(3)25-24(28)19-7-5-4-6-8-19/h4-15,18H,1-3H3,(H,25,28)(H,26,27)/t18-/m0/s1. The van der Waals surface area contributed by atoms with Gasteiger partial charge in [0.25, 0.3) is 5.91 Å². The van der Waals surface area contributed by atoms with Crippen LogP contribution in [0.4, 0.5) is 5.69 Å². The van der Waals surface area contributed by atoms with Crippen molar-refractivity contribution in [1.29, 1.82) is 0 Å². The lowest BCUT2D eigenvalue weighted by Crippen LogP contribution is -2.41. The zero-order valence-corrected chi connectivity index (χ0v) is 17.5. The second kappa shape index (κ2) is 9.43. The second-order valence-corrected chi connectivity index (χ2v) is 8.06. The molecule has 0 spiro atoms. The van der Waals surface area contributed by atoms with Crippen LogP contribution in [0.15, 0.2) is 82.6 Å². The molecule has 0 aliphatic carbocycles. The highest BCUT2D eigenvalue weighted by Crippen LogP contribution is 2.31. The van der Waals surface area contributed by atoms with E-state index in [2.05, 4.69) is 42.7 Å². The van der Waals surface area contributed by atoms with Crippen molar-refractivity contribution < 1.29 is 9.59 Å². The predicted molar refractivity (Wildman–Crippen MR) is 118 cm³/mol. The van der Waals surface area contributed by atoms with Crippen molar-refractivity contribution in [3.63, 3.8) is 0 Å². The fourth-order valence-electron chi connectivity index (χ4n) is 2.74. The topological polar surface area (TPSA) is 58.2 Å². The number of nitrogens with one attached hydrogen (secondary N) is 2. The van der Waals surface area contributed by atoms with Gasteiger partial charge in [-0.3, -0.25) is 9.59 Å². The molecule has 0 radical (unpaired) electrons. The van der Waals surface area contributed by atoms with Crippen LogP contribution >= 0.6 is 11.8 Å². The predicted octanol–water partition coefficient (Wildman–Crippen LogP) is 5.21. The molecule has 29 heavy (non-hydrogen) atoms. The Hall–Kier alpha value is -3.05. The first-order valence-corrected chi connectivity index (χ1v) is 10.3. The largest absolute Gasteiger partial charge is 0.341 e. The van der Waals surface area contributed by atoms with Gasteiger partial charge in [0.1, 0.15) is 6.04 Å². The number of benzene rings is 3. The Bertz CT molecular complexity index is 1000. The highest BCUT2D eigenvalue weighted by Gasteiger charge is 2.16. The summed E-state index contributed by atoms with van der Waals surface area (Å²) in [6.45, 7) is 5.85. The molecule has 3 aromatic rings. The van der Waals surface area contributed by atoms with Gasteiger partial charge in [-0.15, -0.1) is 0 Å². The van der Waals surface area contributed by atoms with Gasteiger partial charge in [-0.05, 0) is 74.4 Å². The minimum atomic E-state index is -0.647. The van der Waals surface area contributed by atoms with Crippen LogP contribution in [0.25, 0.3) is 0 Å². The SMILES string of the molecule is Cc1ccc(C)c(Sc2ccc(NC(=O)[C@H](C)NC(=O)c3ccccc3)cc2)c1. The molecule has 2 N–H and O–H groups in total. The van der Waals surface area contributed by atoms with Gasteiger partial charge in [-0.25, -0.2) is 0 Å². The first-order chi connectivity index (χ1) is 13.9. The fraction of sp³-hybridized carbons (Fsp3) is 0.167. The summed E-state index contributed by atoms with van der Waals surface area (Å²) >= 11 is 1.70. The lowest BCUT2D eigenvalue weighted by molar-refractivity contribution is -0.117. The smallest absolute Gasteiger partial charge is 0.251 e. The first-order valence-electron chi connectivity index (χ1n) is 9.44. The van der Waals surface area contributed by atoms with Gasteiger partial charge < -0.3 is 10.6 Å². The van der Waals surface area contributed by atoms with Gasteiger partial charge in [0, 0.05) is 21.0 Å². The van der Waals surface area contributed by atoms with Crippen molar-refractivity contribution in [2.24, 2.45) is 0 Å². The summed E-state index contributed by atoms with van der Waals surface area (Å²) in [5.74, 6) is -0.530. The van der Waals surface area contributed by atoms with Gasteiger partial charge >= 0.3 is 0 Å². The summed E-state index contributed by atoms with van der Waals surface area (Å²) in [6, 6.07) is 22.3. The van der Waals surface area contributed by atoms with Gasteiger partial charge in [0.15, 0.2) is 0 Å². The number of amides is 2. The Morgan fingerprint density at radius 3 is 2.28 bits per heavy atom. The monoisotopic (exact) mass is 404 g/mol. The molecule has 1 atom stereocenters. The minimum absolute atomic E-state index is 0.260. The number of carbonyl (C=O) groups excluding carboxylic acids is 2. The van der Waals surface area contributed by atoms with Crippen LogP contribution in [0.3, 0.4) is 0 Å². The Morgan fingerprint density at radius 1 is 0.897 bits per heavy atom. The molecule has 4 nitrogen and oxygen atoms in total. The summed E-state index contributed by atoms with van der Waals surface area (Å²) in [6.07, 6.45) is 0. The molecular weight excluding hydrogens is 380 g/mol. The molecule has 0 aliphatic rings. The second-order valence-electron chi connectivity index (χ2n) is 6.95. The summed E-state index contributed by atoms with van der Waals surface area (Å²) in [7, 11) is 0. The Kier molecular flexibility index (Phi) is 6.73. The quantitative estimate of drug-likeness (QED) is 0.593. The van der Waals surface area contributed by atoms with E-state index in [1.54, 1.807) is 43.0 Å². The average Bonchev–Trinajstić information content (AvgIpc) is 2.72. The lowest BCUT2D eigenvalue weighted by atomic mass is 10.2. The highest BCUT2D eigenvalue weighted by molar-refractivity contribution is 7.99. The van der Waals surface area contributed by atoms with E-state index in [1.165, 1.54) is 16.0 Å². The van der Waals surface area contributed by atoms with Crippen molar-refractivity contribution >= 4 is 29.3 Å². The van der Waals surface area contributed by atoms with Crippen molar-refractivity contribution in [1.82, 2.24) is 5.32 Å². The Labute approximate surface area is 175 Å². The van der Waals surface area contributed by atoms with Crippen molar-refractivity contribution in [3.05, 3.63) is 89.5 Å². The maximum absolute atomic E-state index is 12.4. The Balaban J connectivity index is 1.58. The van der Waals surface area contributed by atoms with Crippen LogP contribution < -0.4 is 10.6 Å². The van der Waals surface area contributed by atoms with E-state index in [0.717, 1.165) is 4.90 Å². The lowest BCUT2D eigenvalue weighted by Gasteiger charge is -2.14. The molecule has 0 unspecified atom stereocenters. The zero-order valence-electron chi connectivity index (χ0n) is 16.7. The number of carbonyl (C=O) groups is 2. The van der Waals surface area contributed by atoms with Crippen LogP contribution in [0.2, 0.25) is 0 Å². The van der Waals surface area contributed by atoms with Crippen LogP contribution in [0, 0.1) is 13.8 Å². The number of rotatable bonds is 6. The summed E-state index contributed by atoms with van der Waals surface area (Å²) < 4.78 is 0. The highest BCUT2D eigenvalue weighted by atomic mass is 32.2. The third-order valence-electron chi connectivity index (χ3n) is 4.47. The maximum Gasteiger partial charge on any atom is 0.251 e. The van der Waals surface area contributed by atoms with Crippen LogP contribution in [-0.2, 0) is 4.79 Å². The number of hydrogen-bond acceptors (Lipinski definition) is 3. The number of hydrogen-bond donors (Lipinski definition) is 2. The summed E-state index contributed by atoms with van der Waals surface area (Å²) in [5, 5.41) is 5.56. The van der Waals surface area contributed by atoms with E-state index >= 15 is 0 Å². The van der Waals surface area contributed by atoms with Crippen LogP contribution in [0.5, 0.6) is 0 Å². The van der Waals surface area contributed by atoms with E-state index in [-0.39, 0.29) is 11.8 Å². The molecule has 5 heteroatoms. The molecule has 0 bridgehead atoms. The van der Waals surface area contributed by atoms with E-state index in [1.807, 2.05) is 30.3 Å². The van der Waals surface area contributed by atoms with E-state index < -0.39 is 6.04 Å². The normalized spacial score (nSPS) is 11.6.